The van der Waals surface area contributed by atoms with Crippen molar-refractivity contribution in [2.24, 2.45) is 0 Å². The Morgan fingerprint density at radius 2 is 2.07 bits per heavy atom. The third kappa shape index (κ3) is 3.05. The first-order valence-electron chi connectivity index (χ1n) is 3.77. The van der Waals surface area contributed by atoms with Crippen LogP contribution in [0.3, 0.4) is 0 Å². The molecule has 0 N–H and O–H groups in total. The maximum absolute atomic E-state index is 10.5. The second kappa shape index (κ2) is 4.87. The minimum atomic E-state index is -0.574. The number of carbonyl (C=O) groups excluding carboxylic acids is 1. The number of carbonyl (C=O) groups is 1. The maximum Gasteiger partial charge on any atom is 0.259 e. The highest BCUT2D eigenvalue weighted by Crippen LogP contribution is 2.31. The first-order chi connectivity index (χ1) is 6.50. The SMILES string of the molecule is Cc1cc(Cl)cc(Cl)c1OCC(=O)Cl. The molecule has 5 heteroatoms. The van der Waals surface area contributed by atoms with Crippen LogP contribution in [-0.2, 0) is 4.79 Å². The summed E-state index contributed by atoms with van der Waals surface area (Å²) in [6, 6.07) is 3.24. The number of hydrogen-bond acceptors (Lipinski definition) is 2. The lowest BCUT2D eigenvalue weighted by Gasteiger charge is -2.09. The quantitative estimate of drug-likeness (QED) is 0.771. The highest BCUT2D eigenvalue weighted by Gasteiger charge is 2.08. The van der Waals surface area contributed by atoms with Crippen molar-refractivity contribution < 1.29 is 9.53 Å². The topological polar surface area (TPSA) is 26.3 Å². The molecule has 1 aromatic rings. The van der Waals surface area contributed by atoms with Gasteiger partial charge in [0, 0.05) is 5.02 Å². The summed E-state index contributed by atoms with van der Waals surface area (Å²) in [4.78, 5) is 10.5. The van der Waals surface area contributed by atoms with E-state index in [1.54, 1.807) is 19.1 Å². The van der Waals surface area contributed by atoms with Crippen LogP contribution in [0.25, 0.3) is 0 Å². The van der Waals surface area contributed by atoms with Crippen LogP contribution in [0, 0.1) is 6.92 Å². The molecule has 0 spiro atoms. The van der Waals surface area contributed by atoms with Crippen molar-refractivity contribution in [3.05, 3.63) is 27.7 Å². The Morgan fingerprint density at radius 3 is 2.57 bits per heavy atom. The Bertz CT molecular complexity index is 340. The molecule has 0 fully saturated rings. The molecule has 0 saturated heterocycles. The smallest absolute Gasteiger partial charge is 0.259 e. The maximum atomic E-state index is 10.5. The molecule has 0 saturated carbocycles. The minimum absolute atomic E-state index is 0.205. The van der Waals surface area contributed by atoms with Crippen LogP contribution in [0.4, 0.5) is 0 Å². The molecule has 2 nitrogen and oxygen atoms in total. The summed E-state index contributed by atoms with van der Waals surface area (Å²) in [6.07, 6.45) is 0. The summed E-state index contributed by atoms with van der Waals surface area (Å²) >= 11 is 16.7. The van der Waals surface area contributed by atoms with Crippen molar-refractivity contribution in [2.75, 3.05) is 6.61 Å². The third-order valence-corrected chi connectivity index (χ3v) is 2.13. The Labute approximate surface area is 96.7 Å². The summed E-state index contributed by atoms with van der Waals surface area (Å²) in [5.41, 5.74) is 0.764. The molecule has 1 aromatic carbocycles. The van der Waals surface area contributed by atoms with Crippen LogP contribution in [0.15, 0.2) is 12.1 Å². The average Bonchev–Trinajstić information content (AvgIpc) is 2.01. The molecule has 0 aliphatic carbocycles. The highest BCUT2D eigenvalue weighted by molar-refractivity contribution is 6.63. The number of hydrogen-bond donors (Lipinski definition) is 0. The van der Waals surface area contributed by atoms with Gasteiger partial charge in [0.05, 0.1) is 5.02 Å². The average molecular weight is 254 g/mol. The van der Waals surface area contributed by atoms with Crippen molar-refractivity contribution in [3.63, 3.8) is 0 Å². The molecule has 0 amide bonds. The van der Waals surface area contributed by atoms with Gasteiger partial charge in [0.25, 0.3) is 5.24 Å². The van der Waals surface area contributed by atoms with Gasteiger partial charge in [-0.15, -0.1) is 0 Å². The molecule has 0 unspecified atom stereocenters. The first-order valence-corrected chi connectivity index (χ1v) is 4.91. The fourth-order valence-corrected chi connectivity index (χ4v) is 1.71. The van der Waals surface area contributed by atoms with Gasteiger partial charge >= 0.3 is 0 Å². The van der Waals surface area contributed by atoms with E-state index in [9.17, 15) is 4.79 Å². The van der Waals surface area contributed by atoms with Crippen LogP contribution < -0.4 is 4.74 Å². The predicted octanol–water partition coefficient (Wildman–Crippen LogP) is 3.45. The van der Waals surface area contributed by atoms with E-state index >= 15 is 0 Å². The van der Waals surface area contributed by atoms with E-state index in [0.29, 0.717) is 15.8 Å². The van der Waals surface area contributed by atoms with E-state index in [0.717, 1.165) is 5.56 Å². The van der Waals surface area contributed by atoms with Gasteiger partial charge in [0.15, 0.2) is 6.61 Å². The van der Waals surface area contributed by atoms with Crippen molar-refractivity contribution in [1.82, 2.24) is 0 Å². The summed E-state index contributed by atoms with van der Waals surface area (Å²) < 4.78 is 5.11. The van der Waals surface area contributed by atoms with Gasteiger partial charge < -0.3 is 4.74 Å². The Morgan fingerprint density at radius 1 is 1.43 bits per heavy atom. The third-order valence-electron chi connectivity index (χ3n) is 1.52. The zero-order chi connectivity index (χ0) is 10.7. The Balaban J connectivity index is 2.91. The van der Waals surface area contributed by atoms with E-state index in [1.165, 1.54) is 0 Å². The molecule has 0 radical (unpaired) electrons. The van der Waals surface area contributed by atoms with E-state index in [1.807, 2.05) is 0 Å². The van der Waals surface area contributed by atoms with Crippen LogP contribution in [0.1, 0.15) is 5.56 Å². The minimum Gasteiger partial charge on any atom is -0.483 e. The first kappa shape index (κ1) is 11.6. The molecule has 0 bridgehead atoms. The van der Waals surface area contributed by atoms with Gasteiger partial charge in [0.1, 0.15) is 5.75 Å². The normalized spacial score (nSPS) is 10.0. The molecule has 1 rings (SSSR count). The highest BCUT2D eigenvalue weighted by atomic mass is 35.5. The standard InChI is InChI=1S/C9H7Cl3O2/c1-5-2-6(10)3-7(11)9(5)14-4-8(12)13/h2-3H,4H2,1H3. The zero-order valence-electron chi connectivity index (χ0n) is 7.31. The summed E-state index contributed by atoms with van der Waals surface area (Å²) in [6.45, 7) is 1.58. The molecular weight excluding hydrogens is 246 g/mol. The van der Waals surface area contributed by atoms with Gasteiger partial charge in [0.2, 0.25) is 0 Å². The van der Waals surface area contributed by atoms with Crippen LogP contribution in [-0.4, -0.2) is 11.8 Å². The van der Waals surface area contributed by atoms with Gasteiger partial charge in [-0.1, -0.05) is 23.2 Å². The number of benzene rings is 1. The van der Waals surface area contributed by atoms with E-state index in [2.05, 4.69) is 0 Å². The molecule has 0 aromatic heterocycles. The Kier molecular flexibility index (Phi) is 4.05. The molecule has 14 heavy (non-hydrogen) atoms. The lowest BCUT2D eigenvalue weighted by atomic mass is 10.2. The lowest BCUT2D eigenvalue weighted by Crippen LogP contribution is -2.05. The van der Waals surface area contributed by atoms with Crippen LogP contribution >= 0.6 is 34.8 Å². The number of rotatable bonds is 3. The predicted molar refractivity (Wildman–Crippen MR) is 57.6 cm³/mol. The van der Waals surface area contributed by atoms with Gasteiger partial charge in [-0.05, 0) is 36.2 Å². The fraction of sp³-hybridized carbons (Fsp3) is 0.222. The zero-order valence-corrected chi connectivity index (χ0v) is 9.58. The monoisotopic (exact) mass is 252 g/mol. The molecule has 0 aliphatic rings. The number of halogens is 3. The van der Waals surface area contributed by atoms with E-state index in [-0.39, 0.29) is 6.61 Å². The molecule has 0 heterocycles. The number of aryl methyl sites for hydroxylation is 1. The van der Waals surface area contributed by atoms with Crippen molar-refractivity contribution in [2.45, 2.75) is 6.92 Å². The second-order valence-corrected chi connectivity index (χ2v) is 3.94. The van der Waals surface area contributed by atoms with Gasteiger partial charge in [-0.2, -0.15) is 0 Å². The van der Waals surface area contributed by atoms with Gasteiger partial charge in [-0.25, -0.2) is 0 Å². The molecular formula is C9H7Cl3O2. The van der Waals surface area contributed by atoms with Crippen molar-refractivity contribution in [3.8, 4) is 5.75 Å². The Hall–Kier alpha value is -0.440. The molecule has 76 valence electrons. The van der Waals surface area contributed by atoms with Crippen molar-refractivity contribution >= 4 is 40.0 Å². The van der Waals surface area contributed by atoms with Gasteiger partial charge in [-0.3, -0.25) is 4.79 Å². The fourth-order valence-electron chi connectivity index (χ4n) is 1.00. The number of ether oxygens (including phenoxy) is 1. The van der Waals surface area contributed by atoms with Crippen LogP contribution in [0.2, 0.25) is 10.0 Å². The largest absolute Gasteiger partial charge is 0.483 e. The summed E-state index contributed by atoms with van der Waals surface area (Å²) in [5.74, 6) is 0.435. The van der Waals surface area contributed by atoms with Crippen molar-refractivity contribution in [1.29, 1.82) is 0 Å². The van der Waals surface area contributed by atoms with Crippen LogP contribution in [0.5, 0.6) is 5.75 Å². The second-order valence-electron chi connectivity index (χ2n) is 2.68. The molecule has 0 aliphatic heterocycles. The summed E-state index contributed by atoms with van der Waals surface area (Å²) in [5, 5.41) is 0.320. The molecule has 0 atom stereocenters. The summed E-state index contributed by atoms with van der Waals surface area (Å²) in [7, 11) is 0. The lowest BCUT2D eigenvalue weighted by molar-refractivity contribution is -0.113. The van der Waals surface area contributed by atoms with E-state index in [4.69, 9.17) is 39.5 Å². The van der Waals surface area contributed by atoms with E-state index < -0.39 is 5.24 Å².